The number of rotatable bonds is 4. The molecule has 2 nitrogen and oxygen atoms in total. The van der Waals surface area contributed by atoms with Crippen LogP contribution in [0.3, 0.4) is 0 Å². The molecule has 21 heavy (non-hydrogen) atoms. The lowest BCUT2D eigenvalue weighted by Gasteiger charge is -2.11. The summed E-state index contributed by atoms with van der Waals surface area (Å²) in [6, 6.07) is 4.39. The first kappa shape index (κ1) is 15.4. The van der Waals surface area contributed by atoms with Crippen molar-refractivity contribution >= 4 is 0 Å². The molecule has 1 N–H and O–H groups in total. The molecular weight excluding hydrogens is 284 g/mol. The fraction of sp³-hybridized carbons (Fsp3) is 0.267. The predicted octanol–water partition coefficient (Wildman–Crippen LogP) is 3.84. The Balaban J connectivity index is 2.04. The third-order valence-electron chi connectivity index (χ3n) is 3.08. The monoisotopic (exact) mass is 298 g/mol. The van der Waals surface area contributed by atoms with Gasteiger partial charge in [0.05, 0.1) is 5.56 Å². The third kappa shape index (κ3) is 4.26. The minimum atomic E-state index is -4.54. The summed E-state index contributed by atoms with van der Waals surface area (Å²) in [5.74, 6) is -0.890. The number of aromatic nitrogens is 1. The van der Waals surface area contributed by atoms with Crippen molar-refractivity contribution in [1.82, 2.24) is 10.3 Å². The van der Waals surface area contributed by atoms with Gasteiger partial charge in [-0.1, -0.05) is 0 Å². The Hall–Kier alpha value is -1.95. The number of aryl methyl sites for hydroxylation is 1. The van der Waals surface area contributed by atoms with Crippen LogP contribution in [0.25, 0.3) is 0 Å². The summed E-state index contributed by atoms with van der Waals surface area (Å²) in [6.07, 6.45) is -1.19. The zero-order valence-electron chi connectivity index (χ0n) is 11.3. The van der Waals surface area contributed by atoms with Crippen LogP contribution in [0, 0.1) is 12.7 Å². The second-order valence-electron chi connectivity index (χ2n) is 4.75. The molecule has 112 valence electrons. The summed E-state index contributed by atoms with van der Waals surface area (Å²) < 4.78 is 51.0. The number of hydrogen-bond donors (Lipinski definition) is 1. The van der Waals surface area contributed by atoms with Gasteiger partial charge >= 0.3 is 6.18 Å². The van der Waals surface area contributed by atoms with E-state index in [1.807, 2.05) is 13.0 Å². The highest BCUT2D eigenvalue weighted by molar-refractivity contribution is 5.27. The molecule has 0 unspecified atom stereocenters. The van der Waals surface area contributed by atoms with Crippen LogP contribution in [0.2, 0.25) is 0 Å². The summed E-state index contributed by atoms with van der Waals surface area (Å²) in [4.78, 5) is 3.98. The normalized spacial score (nSPS) is 11.7. The molecule has 0 spiro atoms. The van der Waals surface area contributed by atoms with E-state index in [1.165, 1.54) is 0 Å². The van der Waals surface area contributed by atoms with Crippen LogP contribution in [-0.4, -0.2) is 4.98 Å². The van der Waals surface area contributed by atoms with Crippen LogP contribution in [0.1, 0.15) is 22.3 Å². The lowest BCUT2D eigenvalue weighted by atomic mass is 10.1. The average Bonchev–Trinajstić information content (AvgIpc) is 2.39. The number of halogens is 4. The number of nitrogens with zero attached hydrogens (tertiary/aromatic N) is 1. The van der Waals surface area contributed by atoms with Crippen LogP contribution in [-0.2, 0) is 19.3 Å². The highest BCUT2D eigenvalue weighted by Gasteiger charge is 2.31. The Labute approximate surface area is 119 Å². The van der Waals surface area contributed by atoms with E-state index in [0.29, 0.717) is 12.6 Å². The summed E-state index contributed by atoms with van der Waals surface area (Å²) in [7, 11) is 0. The first-order valence-corrected chi connectivity index (χ1v) is 6.33. The van der Waals surface area contributed by atoms with E-state index in [0.717, 1.165) is 23.3 Å². The fourth-order valence-electron chi connectivity index (χ4n) is 1.94. The quantitative estimate of drug-likeness (QED) is 0.868. The molecule has 1 aromatic carbocycles. The highest BCUT2D eigenvalue weighted by atomic mass is 19.4. The summed E-state index contributed by atoms with van der Waals surface area (Å²) >= 11 is 0. The first-order chi connectivity index (χ1) is 9.86. The number of nitrogens with one attached hydrogen (secondary N) is 1. The summed E-state index contributed by atoms with van der Waals surface area (Å²) in [6.45, 7) is 2.52. The maximum atomic E-state index is 13.2. The number of benzene rings is 1. The van der Waals surface area contributed by atoms with Crippen molar-refractivity contribution in [1.29, 1.82) is 0 Å². The minimum absolute atomic E-state index is 0.148. The number of hydrogen-bond acceptors (Lipinski definition) is 2. The van der Waals surface area contributed by atoms with Crippen molar-refractivity contribution in [2.75, 3.05) is 0 Å². The Morgan fingerprint density at radius 2 is 1.90 bits per heavy atom. The molecule has 6 heteroatoms. The zero-order chi connectivity index (χ0) is 15.5. The van der Waals surface area contributed by atoms with Gasteiger partial charge in [0, 0.05) is 25.5 Å². The fourth-order valence-corrected chi connectivity index (χ4v) is 1.94. The predicted molar refractivity (Wildman–Crippen MR) is 70.9 cm³/mol. The van der Waals surface area contributed by atoms with E-state index < -0.39 is 17.6 Å². The van der Waals surface area contributed by atoms with Crippen LogP contribution >= 0.6 is 0 Å². The molecule has 0 amide bonds. The van der Waals surface area contributed by atoms with Crippen molar-refractivity contribution < 1.29 is 17.6 Å². The average molecular weight is 298 g/mol. The van der Waals surface area contributed by atoms with Gasteiger partial charge in [-0.3, -0.25) is 4.98 Å². The molecule has 1 aromatic heterocycles. The second kappa shape index (κ2) is 6.22. The summed E-state index contributed by atoms with van der Waals surface area (Å²) in [5.41, 5.74) is 1.26. The van der Waals surface area contributed by atoms with Crippen molar-refractivity contribution in [3.8, 4) is 0 Å². The van der Waals surface area contributed by atoms with Gasteiger partial charge in [0.15, 0.2) is 0 Å². The molecule has 2 rings (SSSR count). The van der Waals surface area contributed by atoms with Crippen LogP contribution in [0.4, 0.5) is 17.6 Å². The molecule has 2 aromatic rings. The highest BCUT2D eigenvalue weighted by Crippen LogP contribution is 2.30. The molecule has 0 aliphatic heterocycles. The maximum Gasteiger partial charge on any atom is 0.416 e. The van der Waals surface area contributed by atoms with Gasteiger partial charge in [0.1, 0.15) is 5.82 Å². The summed E-state index contributed by atoms with van der Waals surface area (Å²) in [5, 5.41) is 2.99. The Morgan fingerprint density at radius 3 is 2.57 bits per heavy atom. The van der Waals surface area contributed by atoms with Gasteiger partial charge in [-0.25, -0.2) is 4.39 Å². The van der Waals surface area contributed by atoms with Crippen LogP contribution < -0.4 is 5.32 Å². The molecule has 0 atom stereocenters. The Morgan fingerprint density at radius 1 is 1.14 bits per heavy atom. The second-order valence-corrected chi connectivity index (χ2v) is 4.75. The van der Waals surface area contributed by atoms with Gasteiger partial charge in [-0.15, -0.1) is 0 Å². The number of alkyl halides is 3. The van der Waals surface area contributed by atoms with Gasteiger partial charge in [-0.05, 0) is 47.9 Å². The lowest BCUT2D eigenvalue weighted by Crippen LogP contribution is -2.15. The van der Waals surface area contributed by atoms with Gasteiger partial charge in [0.25, 0.3) is 0 Å². The molecule has 0 radical (unpaired) electrons. The maximum absolute atomic E-state index is 13.2. The van der Waals surface area contributed by atoms with E-state index in [9.17, 15) is 17.6 Å². The lowest BCUT2D eigenvalue weighted by molar-refractivity contribution is -0.137. The molecule has 0 saturated heterocycles. The Bertz CT molecular complexity index is 623. The van der Waals surface area contributed by atoms with E-state index in [2.05, 4.69) is 10.3 Å². The van der Waals surface area contributed by atoms with Crippen molar-refractivity contribution in [2.24, 2.45) is 0 Å². The molecular formula is C15H14F4N2. The van der Waals surface area contributed by atoms with E-state index >= 15 is 0 Å². The molecule has 0 aliphatic carbocycles. The molecule has 1 heterocycles. The van der Waals surface area contributed by atoms with Crippen molar-refractivity contribution in [3.05, 3.63) is 64.7 Å². The van der Waals surface area contributed by atoms with Crippen LogP contribution in [0.15, 0.2) is 36.7 Å². The molecule has 0 saturated carbocycles. The molecule has 0 bridgehead atoms. The molecule has 0 fully saturated rings. The number of pyridine rings is 1. The SMILES string of the molecule is Cc1ccncc1CNCc1cc(F)cc(C(F)(F)F)c1. The standard InChI is InChI=1S/C15H14F4N2/c1-10-2-3-20-8-12(10)9-21-7-11-4-13(15(17,18)19)6-14(16)5-11/h2-6,8,21H,7,9H2,1H3. The van der Waals surface area contributed by atoms with E-state index in [-0.39, 0.29) is 12.1 Å². The van der Waals surface area contributed by atoms with Crippen molar-refractivity contribution in [3.63, 3.8) is 0 Å². The van der Waals surface area contributed by atoms with Gasteiger partial charge in [-0.2, -0.15) is 13.2 Å². The van der Waals surface area contributed by atoms with Gasteiger partial charge in [0.2, 0.25) is 0 Å². The largest absolute Gasteiger partial charge is 0.416 e. The minimum Gasteiger partial charge on any atom is -0.309 e. The zero-order valence-corrected chi connectivity index (χ0v) is 11.3. The van der Waals surface area contributed by atoms with Crippen LogP contribution in [0.5, 0.6) is 0 Å². The Kier molecular flexibility index (Phi) is 4.57. The molecule has 0 aliphatic rings. The third-order valence-corrected chi connectivity index (χ3v) is 3.08. The van der Waals surface area contributed by atoms with Gasteiger partial charge < -0.3 is 5.32 Å². The topological polar surface area (TPSA) is 24.9 Å². The van der Waals surface area contributed by atoms with Crippen molar-refractivity contribution in [2.45, 2.75) is 26.2 Å². The first-order valence-electron chi connectivity index (χ1n) is 6.33. The van der Waals surface area contributed by atoms with E-state index in [4.69, 9.17) is 0 Å². The smallest absolute Gasteiger partial charge is 0.309 e. The van der Waals surface area contributed by atoms with E-state index in [1.54, 1.807) is 12.4 Å².